The molecular formula is C18H17F3O3. The van der Waals surface area contributed by atoms with Crippen LogP contribution >= 0.6 is 0 Å². The van der Waals surface area contributed by atoms with Crippen molar-refractivity contribution in [3.8, 4) is 5.75 Å². The number of carboxylic acids is 1. The highest BCUT2D eigenvalue weighted by atomic mass is 19.4. The van der Waals surface area contributed by atoms with E-state index in [-0.39, 0.29) is 18.6 Å². The molecular weight excluding hydrogens is 321 g/mol. The van der Waals surface area contributed by atoms with Crippen molar-refractivity contribution in [3.63, 3.8) is 0 Å². The third-order valence-corrected chi connectivity index (χ3v) is 3.57. The van der Waals surface area contributed by atoms with Gasteiger partial charge in [-0.15, -0.1) is 0 Å². The van der Waals surface area contributed by atoms with Crippen LogP contribution in [0.5, 0.6) is 5.75 Å². The van der Waals surface area contributed by atoms with E-state index in [9.17, 15) is 18.0 Å². The molecule has 6 heteroatoms. The maximum absolute atomic E-state index is 13.0. The molecule has 2 rings (SSSR count). The average molecular weight is 338 g/mol. The zero-order valence-corrected chi connectivity index (χ0v) is 13.1. The molecule has 0 fully saturated rings. The lowest BCUT2D eigenvalue weighted by Crippen LogP contribution is -2.11. The summed E-state index contributed by atoms with van der Waals surface area (Å²) in [4.78, 5) is 10.6. The average Bonchev–Trinajstić information content (AvgIpc) is 2.51. The van der Waals surface area contributed by atoms with E-state index in [1.54, 1.807) is 25.1 Å². The molecule has 0 bridgehead atoms. The third-order valence-electron chi connectivity index (χ3n) is 3.57. The highest BCUT2D eigenvalue weighted by molar-refractivity contribution is 5.67. The van der Waals surface area contributed by atoms with E-state index in [1.165, 1.54) is 18.2 Å². The molecule has 1 N–H and O–H groups in total. The number of alkyl halides is 3. The Morgan fingerprint density at radius 2 is 1.88 bits per heavy atom. The molecule has 0 radical (unpaired) electrons. The minimum Gasteiger partial charge on any atom is -0.489 e. The van der Waals surface area contributed by atoms with Gasteiger partial charge in [-0.1, -0.05) is 30.3 Å². The normalized spacial score (nSPS) is 11.3. The van der Waals surface area contributed by atoms with Gasteiger partial charge in [-0.2, -0.15) is 13.2 Å². The number of aliphatic carboxylic acids is 1. The van der Waals surface area contributed by atoms with Crippen LogP contribution in [0.3, 0.4) is 0 Å². The quantitative estimate of drug-likeness (QED) is 0.837. The number of hydrogen-bond donors (Lipinski definition) is 1. The maximum Gasteiger partial charge on any atom is 0.416 e. The van der Waals surface area contributed by atoms with Crippen LogP contribution in [0.4, 0.5) is 13.2 Å². The van der Waals surface area contributed by atoms with Gasteiger partial charge in [-0.05, 0) is 36.6 Å². The van der Waals surface area contributed by atoms with Gasteiger partial charge < -0.3 is 9.84 Å². The van der Waals surface area contributed by atoms with Crippen molar-refractivity contribution in [1.82, 2.24) is 0 Å². The smallest absolute Gasteiger partial charge is 0.416 e. The van der Waals surface area contributed by atoms with E-state index in [2.05, 4.69) is 0 Å². The number of carbonyl (C=O) groups is 1. The van der Waals surface area contributed by atoms with Crippen LogP contribution < -0.4 is 4.74 Å². The Labute approximate surface area is 137 Å². The zero-order valence-electron chi connectivity index (χ0n) is 13.1. The fraction of sp³-hybridized carbons (Fsp3) is 0.278. The summed E-state index contributed by atoms with van der Waals surface area (Å²) in [7, 11) is 0. The number of hydrogen-bond acceptors (Lipinski definition) is 2. The summed E-state index contributed by atoms with van der Waals surface area (Å²) in [5.74, 6) is -0.400. The first-order valence-electron chi connectivity index (χ1n) is 7.36. The van der Waals surface area contributed by atoms with Gasteiger partial charge >= 0.3 is 12.1 Å². The molecule has 0 saturated heterocycles. The van der Waals surface area contributed by atoms with E-state index < -0.39 is 17.7 Å². The minimum atomic E-state index is -4.42. The lowest BCUT2D eigenvalue weighted by molar-refractivity contribution is -0.139. The predicted octanol–water partition coefficient (Wildman–Crippen LogP) is 4.61. The molecule has 0 atom stereocenters. The molecule has 0 amide bonds. The molecule has 0 aliphatic carbocycles. The Kier molecular flexibility index (Phi) is 5.49. The summed E-state index contributed by atoms with van der Waals surface area (Å²) in [6, 6.07) is 10.5. The molecule has 2 aromatic carbocycles. The molecule has 0 saturated carbocycles. The molecule has 0 aliphatic heterocycles. The first-order valence-corrected chi connectivity index (χ1v) is 7.36. The lowest BCUT2D eigenvalue weighted by Gasteiger charge is -2.15. The van der Waals surface area contributed by atoms with Gasteiger partial charge in [-0.25, -0.2) is 0 Å². The van der Waals surface area contributed by atoms with Crippen LogP contribution in [0.25, 0.3) is 0 Å². The van der Waals surface area contributed by atoms with Crippen molar-refractivity contribution in [2.24, 2.45) is 0 Å². The Bertz CT molecular complexity index is 724. The van der Waals surface area contributed by atoms with Crippen LogP contribution in [-0.2, 0) is 24.0 Å². The molecule has 0 aliphatic rings. The highest BCUT2D eigenvalue weighted by Crippen LogP contribution is 2.32. The summed E-state index contributed by atoms with van der Waals surface area (Å²) in [6.45, 7) is 1.58. The highest BCUT2D eigenvalue weighted by Gasteiger charge is 2.32. The van der Waals surface area contributed by atoms with Crippen LogP contribution in [0, 0.1) is 6.92 Å². The van der Waals surface area contributed by atoms with Crippen LogP contribution in [-0.4, -0.2) is 11.1 Å². The van der Waals surface area contributed by atoms with E-state index in [4.69, 9.17) is 9.84 Å². The van der Waals surface area contributed by atoms with Gasteiger partial charge in [0.1, 0.15) is 12.4 Å². The SMILES string of the molecule is Cc1cc(CCC(=O)O)ccc1OCc1ccccc1C(F)(F)F. The van der Waals surface area contributed by atoms with Crippen molar-refractivity contribution < 1.29 is 27.8 Å². The number of carboxylic acid groups (broad SMARTS) is 1. The third kappa shape index (κ3) is 4.75. The molecule has 128 valence electrons. The standard InChI is InChI=1S/C18H17F3O3/c1-12-10-13(7-9-17(22)23)6-8-16(12)24-11-14-4-2-3-5-15(14)18(19,20)21/h2-6,8,10H,7,9,11H2,1H3,(H,22,23). The number of ether oxygens (including phenoxy) is 1. The summed E-state index contributed by atoms with van der Waals surface area (Å²) in [5, 5.41) is 8.68. The Morgan fingerprint density at radius 3 is 2.50 bits per heavy atom. The van der Waals surface area contributed by atoms with Gasteiger partial charge in [0, 0.05) is 12.0 Å². The fourth-order valence-corrected chi connectivity index (χ4v) is 2.36. The topological polar surface area (TPSA) is 46.5 Å². The van der Waals surface area contributed by atoms with Crippen molar-refractivity contribution >= 4 is 5.97 Å². The lowest BCUT2D eigenvalue weighted by atomic mass is 10.1. The van der Waals surface area contributed by atoms with Gasteiger partial charge in [0.15, 0.2) is 0 Å². The summed E-state index contributed by atoms with van der Waals surface area (Å²) in [5.41, 5.74) is 0.959. The Hall–Kier alpha value is -2.50. The maximum atomic E-state index is 13.0. The molecule has 0 unspecified atom stereocenters. The van der Waals surface area contributed by atoms with Crippen molar-refractivity contribution in [2.45, 2.75) is 32.5 Å². The summed E-state index contributed by atoms with van der Waals surface area (Å²) >= 11 is 0. The van der Waals surface area contributed by atoms with Gasteiger partial charge in [0.2, 0.25) is 0 Å². The van der Waals surface area contributed by atoms with E-state index in [1.807, 2.05) is 0 Å². The van der Waals surface area contributed by atoms with Gasteiger partial charge in [0.25, 0.3) is 0 Å². The minimum absolute atomic E-state index is 0.0264. The van der Waals surface area contributed by atoms with E-state index in [0.29, 0.717) is 12.2 Å². The molecule has 3 nitrogen and oxygen atoms in total. The summed E-state index contributed by atoms with van der Waals surface area (Å²) < 4.78 is 44.4. The molecule has 0 heterocycles. The van der Waals surface area contributed by atoms with E-state index >= 15 is 0 Å². The number of benzene rings is 2. The monoisotopic (exact) mass is 338 g/mol. The van der Waals surface area contributed by atoms with Crippen molar-refractivity contribution in [1.29, 1.82) is 0 Å². The fourth-order valence-electron chi connectivity index (χ4n) is 2.36. The van der Waals surface area contributed by atoms with Crippen molar-refractivity contribution in [3.05, 3.63) is 64.7 Å². The second-order valence-corrected chi connectivity index (χ2v) is 5.44. The largest absolute Gasteiger partial charge is 0.489 e. The second kappa shape index (κ2) is 7.38. The van der Waals surface area contributed by atoms with Crippen LogP contribution in [0.15, 0.2) is 42.5 Å². The van der Waals surface area contributed by atoms with Gasteiger partial charge in [0.05, 0.1) is 5.56 Å². The first kappa shape index (κ1) is 17.8. The first-order chi connectivity index (χ1) is 11.3. The molecule has 2 aromatic rings. The number of halogens is 3. The molecule has 0 aromatic heterocycles. The van der Waals surface area contributed by atoms with Gasteiger partial charge in [-0.3, -0.25) is 4.79 Å². The van der Waals surface area contributed by atoms with Crippen molar-refractivity contribution in [2.75, 3.05) is 0 Å². The predicted molar refractivity (Wildman–Crippen MR) is 82.9 cm³/mol. The summed E-state index contributed by atoms with van der Waals surface area (Å²) in [6.07, 6.45) is -4.00. The van der Waals surface area contributed by atoms with Crippen LogP contribution in [0.1, 0.15) is 28.7 Å². The zero-order chi connectivity index (χ0) is 17.7. The molecule has 0 spiro atoms. The second-order valence-electron chi connectivity index (χ2n) is 5.44. The van der Waals surface area contributed by atoms with E-state index in [0.717, 1.165) is 17.2 Å². The van der Waals surface area contributed by atoms with Crippen LogP contribution in [0.2, 0.25) is 0 Å². The number of rotatable bonds is 6. The Balaban J connectivity index is 2.09. The number of aryl methyl sites for hydroxylation is 2. The Morgan fingerprint density at radius 1 is 1.17 bits per heavy atom. The molecule has 24 heavy (non-hydrogen) atoms.